The van der Waals surface area contributed by atoms with Gasteiger partial charge in [0.25, 0.3) is 5.91 Å². The Bertz CT molecular complexity index is 722. The topological polar surface area (TPSA) is 38.3 Å². The summed E-state index contributed by atoms with van der Waals surface area (Å²) in [5.74, 6) is 0.630. The van der Waals surface area contributed by atoms with Crippen LogP contribution in [0.25, 0.3) is 0 Å². The van der Waals surface area contributed by atoms with Crippen molar-refractivity contribution >= 4 is 5.91 Å². The molecule has 0 radical (unpaired) electrons. The molecular formula is C21H27NO2. The fourth-order valence-electron chi connectivity index (χ4n) is 2.59. The maximum absolute atomic E-state index is 12.2. The fraction of sp³-hybridized carbons (Fsp3) is 0.381. The molecule has 1 unspecified atom stereocenters. The minimum Gasteiger partial charge on any atom is -0.484 e. The fourth-order valence-corrected chi connectivity index (χ4v) is 2.59. The van der Waals surface area contributed by atoms with Gasteiger partial charge in [-0.1, -0.05) is 31.2 Å². The number of carbonyl (C=O) groups excluding carboxylic acids is 1. The summed E-state index contributed by atoms with van der Waals surface area (Å²) in [4.78, 5) is 12.2. The molecule has 0 aliphatic rings. The van der Waals surface area contributed by atoms with E-state index in [-0.39, 0.29) is 18.6 Å². The van der Waals surface area contributed by atoms with E-state index in [4.69, 9.17) is 4.74 Å². The molecule has 3 heteroatoms. The number of nitrogens with one attached hydrogen (secondary N) is 1. The third-order valence-electron chi connectivity index (χ3n) is 4.53. The first-order chi connectivity index (χ1) is 11.4. The number of amides is 1. The van der Waals surface area contributed by atoms with Crippen LogP contribution in [0.5, 0.6) is 5.75 Å². The van der Waals surface area contributed by atoms with Gasteiger partial charge in [-0.3, -0.25) is 4.79 Å². The smallest absolute Gasteiger partial charge is 0.258 e. The van der Waals surface area contributed by atoms with Crippen molar-refractivity contribution in [2.75, 3.05) is 6.61 Å². The van der Waals surface area contributed by atoms with Crippen molar-refractivity contribution in [2.45, 2.75) is 47.1 Å². The molecule has 0 fully saturated rings. The molecule has 0 aliphatic carbocycles. The van der Waals surface area contributed by atoms with Crippen LogP contribution < -0.4 is 10.1 Å². The summed E-state index contributed by atoms with van der Waals surface area (Å²) in [7, 11) is 0. The van der Waals surface area contributed by atoms with Gasteiger partial charge in [-0.25, -0.2) is 0 Å². The standard InChI is InChI=1S/C21H27NO2/c1-6-20(18-9-7-14(2)16(4)11-18)22-21(23)13-24-19-10-8-15(3)17(5)12-19/h7-12,20H,6,13H2,1-5H3,(H,22,23). The lowest BCUT2D eigenvalue weighted by Crippen LogP contribution is -2.32. The molecule has 0 spiro atoms. The highest BCUT2D eigenvalue weighted by atomic mass is 16.5. The molecule has 1 atom stereocenters. The van der Waals surface area contributed by atoms with E-state index < -0.39 is 0 Å². The SMILES string of the molecule is CCC(NC(=O)COc1ccc(C)c(C)c1)c1ccc(C)c(C)c1. The third-order valence-corrected chi connectivity index (χ3v) is 4.53. The normalized spacial score (nSPS) is 11.9. The molecule has 0 aromatic heterocycles. The van der Waals surface area contributed by atoms with Crippen LogP contribution in [0.3, 0.4) is 0 Å². The Morgan fingerprint density at radius 2 is 1.58 bits per heavy atom. The lowest BCUT2D eigenvalue weighted by molar-refractivity contribution is -0.123. The summed E-state index contributed by atoms with van der Waals surface area (Å²) in [5.41, 5.74) is 6.02. The minimum atomic E-state index is -0.0988. The zero-order chi connectivity index (χ0) is 17.7. The van der Waals surface area contributed by atoms with E-state index in [1.165, 1.54) is 16.7 Å². The molecule has 2 rings (SSSR count). The Morgan fingerprint density at radius 1 is 0.958 bits per heavy atom. The summed E-state index contributed by atoms with van der Waals surface area (Å²) in [5, 5.41) is 3.06. The molecule has 0 aliphatic heterocycles. The molecule has 0 saturated carbocycles. The number of rotatable bonds is 6. The number of hydrogen-bond acceptors (Lipinski definition) is 2. The average molecular weight is 325 g/mol. The van der Waals surface area contributed by atoms with Gasteiger partial charge in [-0.05, 0) is 74.1 Å². The highest BCUT2D eigenvalue weighted by molar-refractivity contribution is 5.78. The predicted molar refractivity (Wildman–Crippen MR) is 98.5 cm³/mol. The van der Waals surface area contributed by atoms with Crippen molar-refractivity contribution in [1.29, 1.82) is 0 Å². The molecule has 2 aromatic carbocycles. The maximum Gasteiger partial charge on any atom is 0.258 e. The van der Waals surface area contributed by atoms with Gasteiger partial charge in [-0.15, -0.1) is 0 Å². The Morgan fingerprint density at radius 3 is 2.17 bits per heavy atom. The van der Waals surface area contributed by atoms with Crippen LogP contribution in [0.2, 0.25) is 0 Å². The van der Waals surface area contributed by atoms with Gasteiger partial charge in [0.2, 0.25) is 0 Å². The molecule has 0 heterocycles. The maximum atomic E-state index is 12.2. The van der Waals surface area contributed by atoms with Crippen molar-refractivity contribution < 1.29 is 9.53 Å². The van der Waals surface area contributed by atoms with Gasteiger partial charge in [-0.2, -0.15) is 0 Å². The van der Waals surface area contributed by atoms with Crippen molar-refractivity contribution in [2.24, 2.45) is 0 Å². The summed E-state index contributed by atoms with van der Waals surface area (Å²) in [6.07, 6.45) is 0.845. The minimum absolute atomic E-state index is 0.0140. The van der Waals surface area contributed by atoms with E-state index in [9.17, 15) is 4.79 Å². The van der Waals surface area contributed by atoms with E-state index in [0.717, 1.165) is 23.3 Å². The number of ether oxygens (including phenoxy) is 1. The number of carbonyl (C=O) groups is 1. The monoisotopic (exact) mass is 325 g/mol. The number of aryl methyl sites for hydroxylation is 4. The quantitative estimate of drug-likeness (QED) is 0.845. The summed E-state index contributed by atoms with van der Waals surface area (Å²) in [6, 6.07) is 12.2. The van der Waals surface area contributed by atoms with Crippen LogP contribution in [0.15, 0.2) is 36.4 Å². The summed E-state index contributed by atoms with van der Waals surface area (Å²) < 4.78 is 5.62. The predicted octanol–water partition coefficient (Wildman–Crippen LogP) is 4.57. The van der Waals surface area contributed by atoms with Gasteiger partial charge in [0.05, 0.1) is 6.04 Å². The van der Waals surface area contributed by atoms with E-state index in [2.05, 4.69) is 51.2 Å². The third kappa shape index (κ3) is 4.60. The Labute approximate surface area is 145 Å². The summed E-state index contributed by atoms with van der Waals surface area (Å²) in [6.45, 7) is 10.4. The first kappa shape index (κ1) is 18.1. The lowest BCUT2D eigenvalue weighted by atomic mass is 9.99. The highest BCUT2D eigenvalue weighted by Gasteiger charge is 2.14. The van der Waals surface area contributed by atoms with Crippen LogP contribution in [0.4, 0.5) is 0 Å². The molecule has 1 N–H and O–H groups in total. The second-order valence-corrected chi connectivity index (χ2v) is 6.41. The van der Waals surface area contributed by atoms with E-state index in [0.29, 0.717) is 0 Å². The second kappa shape index (κ2) is 8.00. The molecule has 0 saturated heterocycles. The molecule has 3 nitrogen and oxygen atoms in total. The summed E-state index contributed by atoms with van der Waals surface area (Å²) >= 11 is 0. The molecule has 2 aromatic rings. The van der Waals surface area contributed by atoms with Gasteiger partial charge in [0.1, 0.15) is 5.75 Å². The number of benzene rings is 2. The van der Waals surface area contributed by atoms with E-state index >= 15 is 0 Å². The van der Waals surface area contributed by atoms with Crippen LogP contribution in [0.1, 0.15) is 47.2 Å². The molecule has 128 valence electrons. The Hall–Kier alpha value is -2.29. The zero-order valence-electron chi connectivity index (χ0n) is 15.3. The average Bonchev–Trinajstić information content (AvgIpc) is 2.56. The molecule has 0 bridgehead atoms. The first-order valence-electron chi connectivity index (χ1n) is 8.47. The van der Waals surface area contributed by atoms with Crippen molar-refractivity contribution in [3.05, 3.63) is 64.2 Å². The van der Waals surface area contributed by atoms with Crippen molar-refractivity contribution in [3.8, 4) is 5.75 Å². The van der Waals surface area contributed by atoms with Crippen molar-refractivity contribution in [1.82, 2.24) is 5.32 Å². The van der Waals surface area contributed by atoms with Gasteiger partial charge in [0, 0.05) is 0 Å². The zero-order valence-corrected chi connectivity index (χ0v) is 15.3. The van der Waals surface area contributed by atoms with Crippen LogP contribution in [-0.4, -0.2) is 12.5 Å². The molecular weight excluding hydrogens is 298 g/mol. The van der Waals surface area contributed by atoms with E-state index in [1.54, 1.807) is 0 Å². The van der Waals surface area contributed by atoms with Gasteiger partial charge >= 0.3 is 0 Å². The molecule has 24 heavy (non-hydrogen) atoms. The second-order valence-electron chi connectivity index (χ2n) is 6.41. The lowest BCUT2D eigenvalue weighted by Gasteiger charge is -2.19. The van der Waals surface area contributed by atoms with Crippen LogP contribution >= 0.6 is 0 Å². The van der Waals surface area contributed by atoms with Crippen molar-refractivity contribution in [3.63, 3.8) is 0 Å². The largest absolute Gasteiger partial charge is 0.484 e. The van der Waals surface area contributed by atoms with Crippen LogP contribution in [-0.2, 0) is 4.79 Å². The Balaban J connectivity index is 1.96. The first-order valence-corrected chi connectivity index (χ1v) is 8.47. The van der Waals surface area contributed by atoms with Gasteiger partial charge in [0.15, 0.2) is 6.61 Å². The highest BCUT2D eigenvalue weighted by Crippen LogP contribution is 2.20. The van der Waals surface area contributed by atoms with Crippen LogP contribution in [0, 0.1) is 27.7 Å². The van der Waals surface area contributed by atoms with E-state index in [1.807, 2.05) is 25.1 Å². The van der Waals surface area contributed by atoms with Gasteiger partial charge < -0.3 is 10.1 Å². The number of hydrogen-bond donors (Lipinski definition) is 1. The Kier molecular flexibility index (Phi) is 6.02. The molecule has 1 amide bonds.